The fraction of sp³-hybridized carbons (Fsp3) is 0.0455. The molecule has 126 valence electrons. The summed E-state index contributed by atoms with van der Waals surface area (Å²) < 4.78 is 0. The SMILES string of the molecule is C#C/C=C\C=C(/C)c1nc(Cl)nc(-c2cccc(-c3ccccc3)c2)n1. The molecular formula is C22H16ClN3. The van der Waals surface area contributed by atoms with Crippen molar-refractivity contribution in [2.45, 2.75) is 6.92 Å². The van der Waals surface area contributed by atoms with E-state index in [0.717, 1.165) is 22.3 Å². The second-order valence-electron chi connectivity index (χ2n) is 5.57. The zero-order valence-electron chi connectivity index (χ0n) is 14.2. The van der Waals surface area contributed by atoms with Crippen molar-refractivity contribution in [3.63, 3.8) is 0 Å². The fourth-order valence-corrected chi connectivity index (χ4v) is 2.61. The van der Waals surface area contributed by atoms with Crippen LogP contribution in [-0.2, 0) is 0 Å². The standard InChI is InChI=1S/C22H16ClN3/c1-3-4-6-10-16(2)20-24-21(26-22(23)25-20)19-14-9-13-18(15-19)17-11-7-5-8-12-17/h1,4-15H,2H3/b6-4-,16-10+. The van der Waals surface area contributed by atoms with Crippen molar-refractivity contribution in [2.24, 2.45) is 0 Å². The number of rotatable bonds is 4. The first-order chi connectivity index (χ1) is 12.7. The van der Waals surface area contributed by atoms with Gasteiger partial charge in [-0.25, -0.2) is 4.98 Å². The molecule has 0 atom stereocenters. The van der Waals surface area contributed by atoms with Crippen molar-refractivity contribution in [3.05, 3.63) is 83.9 Å². The Bertz CT molecular complexity index is 1020. The summed E-state index contributed by atoms with van der Waals surface area (Å²) in [6.45, 7) is 1.90. The maximum absolute atomic E-state index is 6.12. The van der Waals surface area contributed by atoms with E-state index in [0.29, 0.717) is 11.6 Å². The average molecular weight is 358 g/mol. The Morgan fingerprint density at radius 3 is 2.46 bits per heavy atom. The van der Waals surface area contributed by atoms with Crippen molar-refractivity contribution < 1.29 is 0 Å². The molecule has 26 heavy (non-hydrogen) atoms. The molecule has 1 aromatic heterocycles. The highest BCUT2D eigenvalue weighted by Gasteiger charge is 2.09. The maximum Gasteiger partial charge on any atom is 0.226 e. The Balaban J connectivity index is 2.01. The van der Waals surface area contributed by atoms with Crippen LogP contribution >= 0.6 is 11.6 Å². The monoisotopic (exact) mass is 357 g/mol. The van der Waals surface area contributed by atoms with Gasteiger partial charge in [-0.05, 0) is 47.4 Å². The Morgan fingerprint density at radius 2 is 1.69 bits per heavy atom. The highest BCUT2D eigenvalue weighted by molar-refractivity contribution is 6.28. The largest absolute Gasteiger partial charge is 0.226 e. The third-order valence-electron chi connectivity index (χ3n) is 3.73. The lowest BCUT2D eigenvalue weighted by Gasteiger charge is -2.07. The Labute approximate surface area is 158 Å². The van der Waals surface area contributed by atoms with Gasteiger partial charge in [0.25, 0.3) is 0 Å². The van der Waals surface area contributed by atoms with Crippen LogP contribution in [0, 0.1) is 12.3 Å². The molecule has 0 radical (unpaired) electrons. The predicted octanol–water partition coefficient (Wildman–Crippen LogP) is 5.45. The quantitative estimate of drug-likeness (QED) is 0.460. The van der Waals surface area contributed by atoms with Crippen LogP contribution in [0.4, 0.5) is 0 Å². The first-order valence-corrected chi connectivity index (χ1v) is 8.42. The van der Waals surface area contributed by atoms with Crippen LogP contribution in [0.3, 0.4) is 0 Å². The number of hydrogen-bond donors (Lipinski definition) is 0. The summed E-state index contributed by atoms with van der Waals surface area (Å²) in [5.74, 6) is 3.49. The molecule has 3 nitrogen and oxygen atoms in total. The summed E-state index contributed by atoms with van der Waals surface area (Å²) >= 11 is 6.12. The van der Waals surface area contributed by atoms with Gasteiger partial charge < -0.3 is 0 Å². The van der Waals surface area contributed by atoms with Crippen LogP contribution in [0.5, 0.6) is 0 Å². The van der Waals surface area contributed by atoms with Crippen LogP contribution < -0.4 is 0 Å². The van der Waals surface area contributed by atoms with Crippen molar-refractivity contribution >= 4 is 17.2 Å². The third-order valence-corrected chi connectivity index (χ3v) is 3.90. The van der Waals surface area contributed by atoms with Gasteiger partial charge in [-0.15, -0.1) is 6.42 Å². The van der Waals surface area contributed by atoms with Gasteiger partial charge >= 0.3 is 0 Å². The molecule has 0 spiro atoms. The van der Waals surface area contributed by atoms with Crippen LogP contribution in [-0.4, -0.2) is 15.0 Å². The molecule has 4 heteroatoms. The summed E-state index contributed by atoms with van der Waals surface area (Å²) in [4.78, 5) is 13.0. The summed E-state index contributed by atoms with van der Waals surface area (Å²) in [6, 6.07) is 18.2. The van der Waals surface area contributed by atoms with Gasteiger partial charge in [-0.1, -0.05) is 66.6 Å². The molecule has 0 unspecified atom stereocenters. The summed E-state index contributed by atoms with van der Waals surface area (Å²) in [6.07, 6.45) is 10.4. The maximum atomic E-state index is 6.12. The number of hydrogen-bond acceptors (Lipinski definition) is 3. The normalized spacial score (nSPS) is 11.5. The molecule has 0 saturated heterocycles. The minimum absolute atomic E-state index is 0.156. The number of terminal acetylenes is 1. The highest BCUT2D eigenvalue weighted by atomic mass is 35.5. The lowest BCUT2D eigenvalue weighted by atomic mass is 10.0. The Kier molecular flexibility index (Phi) is 5.58. The van der Waals surface area contributed by atoms with Gasteiger partial charge in [0.05, 0.1) is 0 Å². The van der Waals surface area contributed by atoms with Crippen LogP contribution in [0.15, 0.2) is 72.8 Å². The molecule has 0 bridgehead atoms. The third kappa shape index (κ3) is 4.24. The van der Waals surface area contributed by atoms with E-state index in [-0.39, 0.29) is 5.28 Å². The van der Waals surface area contributed by atoms with Gasteiger partial charge in [0.15, 0.2) is 11.6 Å². The summed E-state index contributed by atoms with van der Waals surface area (Å²) in [5, 5.41) is 0.156. The molecule has 3 rings (SSSR count). The molecule has 0 aliphatic rings. The molecule has 0 N–H and O–H groups in total. The van der Waals surface area contributed by atoms with E-state index in [2.05, 4.69) is 39.1 Å². The van der Waals surface area contributed by atoms with E-state index in [1.165, 1.54) is 0 Å². The van der Waals surface area contributed by atoms with Crippen LogP contribution in [0.1, 0.15) is 12.7 Å². The van der Waals surface area contributed by atoms with Gasteiger partial charge in [-0.3, -0.25) is 0 Å². The van der Waals surface area contributed by atoms with Crippen LogP contribution in [0.2, 0.25) is 5.28 Å². The fourth-order valence-electron chi connectivity index (χ4n) is 2.45. The lowest BCUT2D eigenvalue weighted by molar-refractivity contribution is 1.02. The van der Waals surface area contributed by atoms with E-state index >= 15 is 0 Å². The number of benzene rings is 2. The number of aromatic nitrogens is 3. The minimum Gasteiger partial charge on any atom is -0.208 e. The molecule has 1 heterocycles. The topological polar surface area (TPSA) is 38.7 Å². The second kappa shape index (κ2) is 8.24. The molecule has 0 fully saturated rings. The van der Waals surface area contributed by atoms with Gasteiger partial charge in [0.1, 0.15) is 0 Å². The van der Waals surface area contributed by atoms with E-state index < -0.39 is 0 Å². The molecule has 0 aliphatic heterocycles. The highest BCUT2D eigenvalue weighted by Crippen LogP contribution is 2.25. The van der Waals surface area contributed by atoms with Crippen molar-refractivity contribution in [2.75, 3.05) is 0 Å². The van der Waals surface area contributed by atoms with Crippen molar-refractivity contribution in [1.29, 1.82) is 0 Å². The minimum atomic E-state index is 0.156. The lowest BCUT2D eigenvalue weighted by Crippen LogP contribution is -1.99. The first kappa shape index (κ1) is 17.6. The van der Waals surface area contributed by atoms with E-state index in [9.17, 15) is 0 Å². The number of allylic oxidation sites excluding steroid dienone is 4. The molecule has 0 amide bonds. The van der Waals surface area contributed by atoms with Gasteiger partial charge in [-0.2, -0.15) is 9.97 Å². The molecule has 0 saturated carbocycles. The van der Waals surface area contributed by atoms with E-state index in [1.54, 1.807) is 12.2 Å². The van der Waals surface area contributed by atoms with E-state index in [1.807, 2.05) is 49.4 Å². The average Bonchev–Trinajstić information content (AvgIpc) is 2.68. The Hall–Kier alpha value is -3.22. The zero-order valence-corrected chi connectivity index (χ0v) is 15.0. The molecule has 2 aromatic carbocycles. The van der Waals surface area contributed by atoms with Gasteiger partial charge in [0, 0.05) is 5.56 Å². The van der Waals surface area contributed by atoms with Gasteiger partial charge in [0.2, 0.25) is 5.28 Å². The first-order valence-electron chi connectivity index (χ1n) is 8.05. The smallest absolute Gasteiger partial charge is 0.208 e. The summed E-state index contributed by atoms with van der Waals surface area (Å²) in [7, 11) is 0. The Morgan fingerprint density at radius 1 is 0.962 bits per heavy atom. The van der Waals surface area contributed by atoms with Crippen molar-refractivity contribution in [1.82, 2.24) is 15.0 Å². The number of nitrogens with zero attached hydrogens (tertiary/aromatic N) is 3. The zero-order chi connectivity index (χ0) is 18.4. The molecule has 3 aromatic rings. The second-order valence-corrected chi connectivity index (χ2v) is 5.91. The predicted molar refractivity (Wildman–Crippen MR) is 107 cm³/mol. The molecular weight excluding hydrogens is 342 g/mol. The van der Waals surface area contributed by atoms with Crippen LogP contribution in [0.25, 0.3) is 28.1 Å². The summed E-state index contributed by atoms with van der Waals surface area (Å²) in [5.41, 5.74) is 3.95. The van der Waals surface area contributed by atoms with Crippen molar-refractivity contribution in [3.8, 4) is 34.9 Å². The number of halogens is 1. The van der Waals surface area contributed by atoms with E-state index in [4.69, 9.17) is 18.0 Å². The molecule has 0 aliphatic carbocycles.